The first-order valence-electron chi connectivity index (χ1n) is 6.16. The molecule has 0 fully saturated rings. The van der Waals surface area contributed by atoms with E-state index in [9.17, 15) is 14.9 Å². The van der Waals surface area contributed by atoms with Crippen molar-refractivity contribution in [1.29, 1.82) is 0 Å². The van der Waals surface area contributed by atoms with E-state index in [0.29, 0.717) is 11.2 Å². The third-order valence-corrected chi connectivity index (χ3v) is 3.79. The molecule has 7 heteroatoms. The van der Waals surface area contributed by atoms with Gasteiger partial charge in [-0.2, -0.15) is 0 Å². The lowest BCUT2D eigenvalue weighted by Gasteiger charge is -2.18. The molecule has 0 saturated carbocycles. The Kier molecular flexibility index (Phi) is 6.42. The zero-order chi connectivity index (χ0) is 15.3. The summed E-state index contributed by atoms with van der Waals surface area (Å²) < 4.78 is 0. The number of amides is 1. The van der Waals surface area contributed by atoms with Crippen LogP contribution in [0.2, 0.25) is 5.02 Å². The molecule has 1 aromatic carbocycles. The largest absolute Gasteiger partial charge is 0.348 e. The minimum atomic E-state index is -0.605. The van der Waals surface area contributed by atoms with E-state index in [2.05, 4.69) is 21.2 Å². The van der Waals surface area contributed by atoms with Crippen molar-refractivity contribution in [1.82, 2.24) is 5.32 Å². The monoisotopic (exact) mass is 362 g/mol. The van der Waals surface area contributed by atoms with Gasteiger partial charge in [-0.05, 0) is 18.4 Å². The van der Waals surface area contributed by atoms with Crippen LogP contribution in [0.3, 0.4) is 0 Å². The Morgan fingerprint density at radius 3 is 2.65 bits per heavy atom. The molecular weight excluding hydrogens is 348 g/mol. The highest BCUT2D eigenvalue weighted by Gasteiger charge is 2.25. The fourth-order valence-electron chi connectivity index (χ4n) is 1.88. The quantitative estimate of drug-likeness (QED) is 0.475. The van der Waals surface area contributed by atoms with Crippen LogP contribution in [0.25, 0.3) is 0 Å². The fourth-order valence-corrected chi connectivity index (χ4v) is 2.56. The minimum absolute atomic E-state index is 0.0783. The minimum Gasteiger partial charge on any atom is -0.348 e. The van der Waals surface area contributed by atoms with Gasteiger partial charge >= 0.3 is 0 Å². The molecule has 20 heavy (non-hydrogen) atoms. The van der Waals surface area contributed by atoms with E-state index < -0.39 is 10.8 Å². The number of benzene rings is 1. The molecule has 1 unspecified atom stereocenters. The number of halogens is 2. The molecule has 0 heterocycles. The molecule has 1 amide bonds. The van der Waals surface area contributed by atoms with Crippen molar-refractivity contribution in [2.45, 2.75) is 26.3 Å². The second-order valence-corrected chi connectivity index (χ2v) is 5.90. The highest BCUT2D eigenvalue weighted by atomic mass is 79.9. The Balaban J connectivity index is 3.00. The Morgan fingerprint density at radius 2 is 2.15 bits per heavy atom. The molecule has 0 saturated heterocycles. The summed E-state index contributed by atoms with van der Waals surface area (Å²) in [5, 5.41) is 14.4. The zero-order valence-electron chi connectivity index (χ0n) is 11.2. The molecule has 1 aromatic rings. The van der Waals surface area contributed by atoms with Crippen LogP contribution in [-0.4, -0.2) is 22.2 Å². The van der Waals surface area contributed by atoms with Crippen LogP contribution in [0.4, 0.5) is 5.69 Å². The molecular formula is C13H16BrClN2O3. The summed E-state index contributed by atoms with van der Waals surface area (Å²) in [5.41, 5.74) is -0.373. The van der Waals surface area contributed by atoms with Crippen LogP contribution >= 0.6 is 27.5 Å². The van der Waals surface area contributed by atoms with Crippen molar-refractivity contribution < 1.29 is 9.72 Å². The van der Waals surface area contributed by atoms with E-state index in [0.717, 1.165) is 6.42 Å². The molecule has 1 N–H and O–H groups in total. The number of nitrogens with zero attached hydrogens (tertiary/aromatic N) is 1. The van der Waals surface area contributed by atoms with E-state index in [4.69, 9.17) is 11.6 Å². The SMILES string of the molecule is CC(C)CC(CBr)NC(=O)c1c(Cl)cccc1[N+](=O)[O-]. The Morgan fingerprint density at radius 1 is 1.50 bits per heavy atom. The lowest BCUT2D eigenvalue weighted by atomic mass is 10.0. The second-order valence-electron chi connectivity index (χ2n) is 4.85. The van der Waals surface area contributed by atoms with Gasteiger partial charge in [-0.3, -0.25) is 14.9 Å². The number of nitro groups is 1. The number of rotatable bonds is 6. The molecule has 0 aromatic heterocycles. The summed E-state index contributed by atoms with van der Waals surface area (Å²) in [6.45, 7) is 4.08. The normalized spacial score (nSPS) is 12.2. The predicted molar refractivity (Wildman–Crippen MR) is 82.6 cm³/mol. The van der Waals surface area contributed by atoms with Gasteiger partial charge in [0.1, 0.15) is 5.56 Å². The molecule has 110 valence electrons. The lowest BCUT2D eigenvalue weighted by molar-refractivity contribution is -0.385. The predicted octanol–water partition coefficient (Wildman–Crippen LogP) is 3.79. The zero-order valence-corrected chi connectivity index (χ0v) is 13.6. The molecule has 0 aliphatic heterocycles. The number of carbonyl (C=O) groups is 1. The smallest absolute Gasteiger partial charge is 0.283 e. The van der Waals surface area contributed by atoms with Gasteiger partial charge in [0.15, 0.2) is 0 Å². The van der Waals surface area contributed by atoms with Crippen molar-refractivity contribution in [3.05, 3.63) is 38.9 Å². The fraction of sp³-hybridized carbons (Fsp3) is 0.462. The third kappa shape index (κ3) is 4.45. The standard InChI is InChI=1S/C13H16BrClN2O3/c1-8(2)6-9(7-14)16-13(18)12-10(15)4-3-5-11(12)17(19)20/h3-5,8-9H,6-7H2,1-2H3,(H,16,18). The maximum atomic E-state index is 12.2. The van der Waals surface area contributed by atoms with Gasteiger partial charge in [-0.25, -0.2) is 0 Å². The van der Waals surface area contributed by atoms with Gasteiger partial charge in [0, 0.05) is 17.4 Å². The summed E-state index contributed by atoms with van der Waals surface area (Å²) in [5.74, 6) is -0.119. The topological polar surface area (TPSA) is 72.2 Å². The highest BCUT2D eigenvalue weighted by molar-refractivity contribution is 9.09. The summed E-state index contributed by atoms with van der Waals surface area (Å²) in [6, 6.07) is 4.09. The van der Waals surface area contributed by atoms with Crippen LogP contribution < -0.4 is 5.32 Å². The number of hydrogen-bond donors (Lipinski definition) is 1. The first-order chi connectivity index (χ1) is 9.36. The van der Waals surface area contributed by atoms with Gasteiger partial charge in [0.2, 0.25) is 0 Å². The van der Waals surface area contributed by atoms with Gasteiger partial charge in [-0.15, -0.1) is 0 Å². The summed E-state index contributed by atoms with van der Waals surface area (Å²) in [7, 11) is 0. The van der Waals surface area contributed by atoms with Crippen molar-refractivity contribution in [3.8, 4) is 0 Å². The molecule has 0 radical (unpaired) electrons. The molecule has 1 rings (SSSR count). The van der Waals surface area contributed by atoms with Crippen LogP contribution in [-0.2, 0) is 0 Å². The highest BCUT2D eigenvalue weighted by Crippen LogP contribution is 2.26. The van der Waals surface area contributed by atoms with Crippen LogP contribution in [0.1, 0.15) is 30.6 Å². The maximum absolute atomic E-state index is 12.2. The average Bonchev–Trinajstić information content (AvgIpc) is 2.36. The number of alkyl halides is 1. The molecule has 0 aliphatic carbocycles. The molecule has 1 atom stereocenters. The number of hydrogen-bond acceptors (Lipinski definition) is 3. The summed E-state index contributed by atoms with van der Waals surface area (Å²) in [6.07, 6.45) is 0.773. The van der Waals surface area contributed by atoms with E-state index in [1.54, 1.807) is 0 Å². The van der Waals surface area contributed by atoms with Crippen molar-refractivity contribution in [3.63, 3.8) is 0 Å². The van der Waals surface area contributed by atoms with Crippen molar-refractivity contribution in [2.75, 3.05) is 5.33 Å². The van der Waals surface area contributed by atoms with Crippen molar-refractivity contribution >= 4 is 39.1 Å². The first-order valence-corrected chi connectivity index (χ1v) is 7.66. The lowest BCUT2D eigenvalue weighted by Crippen LogP contribution is -2.37. The average molecular weight is 364 g/mol. The maximum Gasteiger partial charge on any atom is 0.283 e. The Hall–Kier alpha value is -1.14. The van der Waals surface area contributed by atoms with Gasteiger partial charge in [-0.1, -0.05) is 47.4 Å². The van der Waals surface area contributed by atoms with E-state index >= 15 is 0 Å². The number of nitro benzene ring substituents is 1. The van der Waals surface area contributed by atoms with E-state index in [1.807, 2.05) is 13.8 Å². The van der Waals surface area contributed by atoms with Crippen LogP contribution in [0.15, 0.2) is 18.2 Å². The van der Waals surface area contributed by atoms with Gasteiger partial charge in [0.25, 0.3) is 11.6 Å². The molecule has 0 aliphatic rings. The molecule has 0 spiro atoms. The third-order valence-electron chi connectivity index (χ3n) is 2.69. The first kappa shape index (κ1) is 16.9. The van der Waals surface area contributed by atoms with Crippen LogP contribution in [0, 0.1) is 16.0 Å². The summed E-state index contributed by atoms with van der Waals surface area (Å²) in [4.78, 5) is 22.6. The van der Waals surface area contributed by atoms with Gasteiger partial charge in [0.05, 0.1) is 9.95 Å². The Bertz CT molecular complexity index is 508. The molecule has 0 bridgehead atoms. The number of carbonyl (C=O) groups excluding carboxylic acids is 1. The second kappa shape index (κ2) is 7.59. The number of nitrogens with one attached hydrogen (secondary N) is 1. The summed E-state index contributed by atoms with van der Waals surface area (Å²) >= 11 is 9.25. The Labute approximate surface area is 131 Å². The van der Waals surface area contributed by atoms with Gasteiger partial charge < -0.3 is 5.32 Å². The van der Waals surface area contributed by atoms with E-state index in [1.165, 1.54) is 18.2 Å². The van der Waals surface area contributed by atoms with Crippen LogP contribution in [0.5, 0.6) is 0 Å². The van der Waals surface area contributed by atoms with E-state index in [-0.39, 0.29) is 22.3 Å². The molecule has 5 nitrogen and oxygen atoms in total. The van der Waals surface area contributed by atoms with Crippen molar-refractivity contribution in [2.24, 2.45) is 5.92 Å².